The summed E-state index contributed by atoms with van der Waals surface area (Å²) in [7, 11) is 0. The molecule has 1 amide bonds. The van der Waals surface area contributed by atoms with E-state index in [1.54, 1.807) is 38.1 Å². The van der Waals surface area contributed by atoms with Crippen molar-refractivity contribution < 1.29 is 23.8 Å². The minimum Gasteiger partial charge on any atom is -0.504 e. The number of carbonyl (C=O) groups excluding carboxylic acids is 2. The van der Waals surface area contributed by atoms with Crippen LogP contribution in [0, 0.1) is 6.92 Å². The lowest BCUT2D eigenvalue weighted by Crippen LogP contribution is -2.29. The number of amides is 1. The smallest absolute Gasteiger partial charge is 0.297 e. The Morgan fingerprint density at radius 2 is 2.03 bits per heavy atom. The van der Waals surface area contributed by atoms with Gasteiger partial charge in [-0.05, 0) is 49.7 Å². The number of fused-ring (bicyclic) bond motifs is 2. The van der Waals surface area contributed by atoms with E-state index in [2.05, 4.69) is 4.98 Å². The van der Waals surface area contributed by atoms with Gasteiger partial charge in [0.2, 0.25) is 5.76 Å². The number of nitrogens with zero attached hydrogens (tertiary/aromatic N) is 2. The molecule has 0 bridgehead atoms. The Kier molecular flexibility index (Phi) is 5.61. The van der Waals surface area contributed by atoms with E-state index >= 15 is 0 Å². The van der Waals surface area contributed by atoms with Gasteiger partial charge in [-0.15, -0.1) is 0 Å². The zero-order valence-corrected chi connectivity index (χ0v) is 20.5. The number of ether oxygens (including phenoxy) is 1. The maximum absolute atomic E-state index is 13.7. The largest absolute Gasteiger partial charge is 0.504 e. The Morgan fingerprint density at radius 1 is 1.26 bits per heavy atom. The summed E-state index contributed by atoms with van der Waals surface area (Å²) in [6.07, 6.45) is 0. The maximum atomic E-state index is 13.7. The molecule has 10 heteroatoms. The molecule has 1 aliphatic rings. The molecular formula is C25H19ClN2O6S. The third kappa shape index (κ3) is 3.67. The molecule has 1 atom stereocenters. The number of carbonyl (C=O) groups is 2. The van der Waals surface area contributed by atoms with Gasteiger partial charge in [-0.2, -0.15) is 0 Å². The van der Waals surface area contributed by atoms with E-state index in [9.17, 15) is 19.5 Å². The molecule has 1 N–H and O–H groups in total. The Hall–Kier alpha value is -3.69. The Morgan fingerprint density at radius 3 is 2.71 bits per heavy atom. The number of benzene rings is 2. The van der Waals surface area contributed by atoms with Crippen LogP contribution in [-0.2, 0) is 0 Å². The van der Waals surface area contributed by atoms with Crippen molar-refractivity contribution in [2.75, 3.05) is 11.5 Å². The maximum Gasteiger partial charge on any atom is 0.297 e. The number of rotatable bonds is 5. The minimum absolute atomic E-state index is 0.0759. The van der Waals surface area contributed by atoms with Crippen LogP contribution in [0.15, 0.2) is 45.6 Å². The van der Waals surface area contributed by atoms with Crippen molar-refractivity contribution in [3.63, 3.8) is 0 Å². The highest BCUT2D eigenvalue weighted by Gasteiger charge is 2.45. The normalized spacial score (nSPS) is 15.0. The van der Waals surface area contributed by atoms with E-state index in [1.807, 2.05) is 0 Å². The molecule has 0 radical (unpaired) electrons. The zero-order chi connectivity index (χ0) is 25.0. The predicted octanol–water partition coefficient (Wildman–Crippen LogP) is 5.27. The summed E-state index contributed by atoms with van der Waals surface area (Å²) in [6, 6.07) is 8.30. The van der Waals surface area contributed by atoms with Crippen LogP contribution >= 0.6 is 22.9 Å². The van der Waals surface area contributed by atoms with Crippen LogP contribution in [0.2, 0.25) is 5.02 Å². The molecule has 0 fully saturated rings. The second kappa shape index (κ2) is 8.51. The second-order valence-electron chi connectivity index (χ2n) is 8.02. The molecule has 5 rings (SSSR count). The van der Waals surface area contributed by atoms with Gasteiger partial charge in [-0.25, -0.2) is 4.98 Å². The quantitative estimate of drug-likeness (QED) is 0.364. The predicted molar refractivity (Wildman–Crippen MR) is 132 cm³/mol. The van der Waals surface area contributed by atoms with Crippen molar-refractivity contribution in [3.05, 3.63) is 79.1 Å². The molecule has 1 unspecified atom stereocenters. The van der Waals surface area contributed by atoms with Gasteiger partial charge in [0.15, 0.2) is 27.8 Å². The number of Topliss-reactive ketones (excluding diaryl/α,β-unsaturated/α-hetero) is 1. The molecule has 0 spiro atoms. The number of ketones is 1. The molecule has 35 heavy (non-hydrogen) atoms. The molecule has 4 aromatic rings. The van der Waals surface area contributed by atoms with Crippen LogP contribution in [0.4, 0.5) is 5.13 Å². The van der Waals surface area contributed by atoms with Crippen LogP contribution in [0.1, 0.15) is 56.9 Å². The Bertz CT molecular complexity index is 1590. The van der Waals surface area contributed by atoms with Crippen molar-refractivity contribution in [1.82, 2.24) is 4.98 Å². The van der Waals surface area contributed by atoms with Crippen LogP contribution < -0.4 is 15.1 Å². The summed E-state index contributed by atoms with van der Waals surface area (Å²) in [6.45, 7) is 5.20. The molecule has 0 aliphatic carbocycles. The fourth-order valence-electron chi connectivity index (χ4n) is 4.24. The molecule has 2 aromatic heterocycles. The van der Waals surface area contributed by atoms with E-state index in [0.717, 1.165) is 11.3 Å². The van der Waals surface area contributed by atoms with Crippen molar-refractivity contribution in [2.24, 2.45) is 0 Å². The summed E-state index contributed by atoms with van der Waals surface area (Å²) in [5.74, 6) is -0.719. The van der Waals surface area contributed by atoms with Gasteiger partial charge < -0.3 is 14.3 Å². The average Bonchev–Trinajstić information content (AvgIpc) is 3.34. The van der Waals surface area contributed by atoms with Gasteiger partial charge in [0.05, 0.1) is 34.2 Å². The molecular weight excluding hydrogens is 492 g/mol. The van der Waals surface area contributed by atoms with Crippen LogP contribution in [0.3, 0.4) is 0 Å². The first-order valence-electron chi connectivity index (χ1n) is 10.7. The fraction of sp³-hybridized carbons (Fsp3) is 0.200. The highest BCUT2D eigenvalue weighted by atomic mass is 35.5. The molecule has 178 valence electrons. The number of halogens is 1. The van der Waals surface area contributed by atoms with E-state index in [0.29, 0.717) is 27.8 Å². The van der Waals surface area contributed by atoms with Crippen molar-refractivity contribution in [2.45, 2.75) is 26.8 Å². The first-order chi connectivity index (χ1) is 16.7. The Labute approximate surface area is 208 Å². The van der Waals surface area contributed by atoms with Gasteiger partial charge in [-0.3, -0.25) is 19.3 Å². The van der Waals surface area contributed by atoms with Crippen molar-refractivity contribution >= 4 is 50.7 Å². The van der Waals surface area contributed by atoms with E-state index in [-0.39, 0.29) is 44.7 Å². The summed E-state index contributed by atoms with van der Waals surface area (Å²) in [5.41, 5.74) is 0.930. The lowest BCUT2D eigenvalue weighted by molar-refractivity contribution is 0.0969. The SMILES string of the molecule is CCOc1cc(C2c3c(oc4ccc(Cl)cc4c3=O)C(=O)N2c2nc(C)c(C(C)=O)s2)ccc1O. The monoisotopic (exact) mass is 510 g/mol. The van der Waals surface area contributed by atoms with Crippen LogP contribution in [0.5, 0.6) is 11.5 Å². The molecule has 8 nitrogen and oxygen atoms in total. The zero-order valence-electron chi connectivity index (χ0n) is 18.9. The van der Waals surface area contributed by atoms with Gasteiger partial charge in [0.25, 0.3) is 5.91 Å². The number of thiazole rings is 1. The lowest BCUT2D eigenvalue weighted by atomic mass is 9.98. The highest BCUT2D eigenvalue weighted by Crippen LogP contribution is 2.44. The molecule has 3 heterocycles. The van der Waals surface area contributed by atoms with E-state index < -0.39 is 17.4 Å². The lowest BCUT2D eigenvalue weighted by Gasteiger charge is -2.23. The Balaban J connectivity index is 1.80. The summed E-state index contributed by atoms with van der Waals surface area (Å²) >= 11 is 7.20. The summed E-state index contributed by atoms with van der Waals surface area (Å²) in [4.78, 5) is 45.7. The number of hydrogen-bond acceptors (Lipinski definition) is 8. The van der Waals surface area contributed by atoms with Crippen molar-refractivity contribution in [1.29, 1.82) is 0 Å². The van der Waals surface area contributed by atoms with E-state index in [4.69, 9.17) is 20.8 Å². The number of phenolic OH excluding ortho intramolecular Hbond substituents is 1. The highest BCUT2D eigenvalue weighted by molar-refractivity contribution is 7.17. The van der Waals surface area contributed by atoms with Gasteiger partial charge in [0, 0.05) is 11.9 Å². The molecule has 2 aromatic carbocycles. The number of phenols is 1. The second-order valence-corrected chi connectivity index (χ2v) is 9.43. The third-order valence-electron chi connectivity index (χ3n) is 5.74. The molecule has 0 saturated carbocycles. The summed E-state index contributed by atoms with van der Waals surface area (Å²) in [5, 5.41) is 11.1. The van der Waals surface area contributed by atoms with Gasteiger partial charge in [-0.1, -0.05) is 29.0 Å². The van der Waals surface area contributed by atoms with Crippen LogP contribution in [-0.4, -0.2) is 28.4 Å². The van der Waals surface area contributed by atoms with Gasteiger partial charge in [0.1, 0.15) is 5.58 Å². The fourth-order valence-corrected chi connectivity index (χ4v) is 5.40. The van der Waals surface area contributed by atoms with Crippen molar-refractivity contribution in [3.8, 4) is 11.5 Å². The first kappa shape index (κ1) is 23.1. The topological polar surface area (TPSA) is 110 Å². The molecule has 1 aliphatic heterocycles. The number of aryl methyl sites for hydroxylation is 1. The number of hydrogen-bond donors (Lipinski definition) is 1. The standard InChI is InChI=1S/C25H19ClN2O6S/c1-4-33-18-9-13(5-7-16(18)30)20-19-21(31)15-10-14(26)6-8-17(15)34-22(19)24(32)28(20)25-27-11(2)23(35-25)12(3)29/h5-10,20,30H,4H2,1-3H3. The van der Waals surface area contributed by atoms with E-state index in [1.165, 1.54) is 24.0 Å². The number of aromatic hydroxyl groups is 1. The third-order valence-corrected chi connectivity index (χ3v) is 7.24. The van der Waals surface area contributed by atoms with Gasteiger partial charge >= 0.3 is 0 Å². The van der Waals surface area contributed by atoms with Crippen LogP contribution in [0.25, 0.3) is 11.0 Å². The average molecular weight is 511 g/mol. The number of anilines is 1. The number of aromatic nitrogens is 1. The summed E-state index contributed by atoms with van der Waals surface area (Å²) < 4.78 is 11.5. The minimum atomic E-state index is -0.928. The first-order valence-corrected chi connectivity index (χ1v) is 11.9. The molecule has 0 saturated heterocycles.